The summed E-state index contributed by atoms with van der Waals surface area (Å²) >= 11 is 0. The fraction of sp³-hybridized carbons (Fsp3) is 0.455. The van der Waals surface area contributed by atoms with Gasteiger partial charge in [-0.2, -0.15) is 0 Å². The zero-order chi connectivity index (χ0) is 29.3. The van der Waals surface area contributed by atoms with Gasteiger partial charge in [-0.3, -0.25) is 14.4 Å². The van der Waals surface area contributed by atoms with Crippen LogP contribution in [0.25, 0.3) is 0 Å². The molecule has 0 radical (unpaired) electrons. The van der Waals surface area contributed by atoms with Crippen LogP contribution in [0.5, 0.6) is 0 Å². The van der Waals surface area contributed by atoms with E-state index in [1.807, 2.05) is 24.0 Å². The first-order chi connectivity index (χ1) is 19.4. The van der Waals surface area contributed by atoms with Crippen LogP contribution in [0.2, 0.25) is 0 Å². The minimum atomic E-state index is -0.665. The molecule has 40 heavy (non-hydrogen) atoms. The van der Waals surface area contributed by atoms with Crippen LogP contribution < -0.4 is 26.4 Å². The number of nitrogens with zero attached hydrogens (tertiary/aromatic N) is 1. The fourth-order valence-corrected chi connectivity index (χ4v) is 4.62. The van der Waals surface area contributed by atoms with Gasteiger partial charge in [-0.05, 0) is 43.9 Å². The van der Waals surface area contributed by atoms with Gasteiger partial charge in [-0.15, -0.1) is 0 Å². The second-order valence-electron chi connectivity index (χ2n) is 10.1. The quantitative estimate of drug-likeness (QED) is 0.0684. The second kappa shape index (κ2) is 17.8. The van der Waals surface area contributed by atoms with Crippen LogP contribution in [0.3, 0.4) is 0 Å². The van der Waals surface area contributed by atoms with Gasteiger partial charge in [0.25, 0.3) is 16.8 Å². The Morgan fingerprint density at radius 2 is 1.57 bits per heavy atom. The molecule has 2 rings (SSSR count). The molecule has 0 aliphatic heterocycles. The molecule has 0 spiro atoms. The highest BCUT2D eigenvalue weighted by Gasteiger charge is 2.27. The molecular formula is C33H45N3O4. The van der Waals surface area contributed by atoms with Crippen LogP contribution in [-0.4, -0.2) is 31.3 Å². The van der Waals surface area contributed by atoms with Crippen molar-refractivity contribution in [3.8, 4) is 0 Å². The summed E-state index contributed by atoms with van der Waals surface area (Å²) in [7, 11) is 0. The average Bonchev–Trinajstić information content (AvgIpc) is 2.96. The monoisotopic (exact) mass is 547 g/mol. The number of allylic oxidation sites excluding steroid dienone is 3. The summed E-state index contributed by atoms with van der Waals surface area (Å²) < 4.78 is 0. The van der Waals surface area contributed by atoms with Gasteiger partial charge in [0.05, 0.1) is 6.04 Å². The van der Waals surface area contributed by atoms with E-state index in [1.54, 1.807) is 36.4 Å². The summed E-state index contributed by atoms with van der Waals surface area (Å²) in [6.07, 6.45) is 16.4. The van der Waals surface area contributed by atoms with E-state index in [1.165, 1.54) is 0 Å². The highest BCUT2D eigenvalue weighted by Crippen LogP contribution is 2.23. The highest BCUT2D eigenvalue weighted by molar-refractivity contribution is 6.05. The predicted octanol–water partition coefficient (Wildman–Crippen LogP) is 6.10. The van der Waals surface area contributed by atoms with Gasteiger partial charge < -0.3 is 20.3 Å². The van der Waals surface area contributed by atoms with E-state index < -0.39 is 16.9 Å². The summed E-state index contributed by atoms with van der Waals surface area (Å²) in [5, 5.41) is 5.91. The lowest BCUT2D eigenvalue weighted by atomic mass is 10.0. The first-order valence-corrected chi connectivity index (χ1v) is 14.6. The van der Waals surface area contributed by atoms with E-state index in [4.69, 9.17) is 0 Å². The maximum Gasteiger partial charge on any atom is 0.255 e. The predicted molar refractivity (Wildman–Crippen MR) is 167 cm³/mol. The third-order valence-electron chi connectivity index (χ3n) is 6.83. The number of anilines is 3. The summed E-state index contributed by atoms with van der Waals surface area (Å²) in [5.41, 5.74) is 1.61. The lowest BCUT2D eigenvalue weighted by Crippen LogP contribution is -2.45. The van der Waals surface area contributed by atoms with Gasteiger partial charge in [0.15, 0.2) is 0 Å². The Morgan fingerprint density at radius 1 is 0.950 bits per heavy atom. The van der Waals surface area contributed by atoms with Gasteiger partial charge in [0.2, 0.25) is 0 Å². The molecule has 7 nitrogen and oxygen atoms in total. The molecule has 216 valence electrons. The number of aldehydes is 1. The molecule has 0 saturated carbocycles. The van der Waals surface area contributed by atoms with E-state index in [9.17, 15) is 19.2 Å². The SMILES string of the molecule is C=C/C=C(\C=C/C)C(=O)Nc1ccc(CC(C=O)Nc2c(N(CCCCCC)CCCCCC)c(=O)c2=O)cc1. The van der Waals surface area contributed by atoms with Crippen molar-refractivity contribution in [1.82, 2.24) is 0 Å². The van der Waals surface area contributed by atoms with E-state index in [-0.39, 0.29) is 11.6 Å². The number of hydrogen-bond acceptors (Lipinski definition) is 6. The Balaban J connectivity index is 2.11. The number of benzene rings is 1. The van der Waals surface area contributed by atoms with Gasteiger partial charge >= 0.3 is 0 Å². The number of rotatable bonds is 20. The largest absolute Gasteiger partial charge is 0.370 e. The minimum Gasteiger partial charge on any atom is -0.370 e. The molecule has 0 saturated heterocycles. The second-order valence-corrected chi connectivity index (χ2v) is 10.1. The van der Waals surface area contributed by atoms with Crippen molar-refractivity contribution in [2.24, 2.45) is 0 Å². The molecule has 0 bridgehead atoms. The Bertz CT molecular complexity index is 1210. The highest BCUT2D eigenvalue weighted by atomic mass is 16.2. The number of carbonyl (C=O) groups excluding carboxylic acids is 2. The van der Waals surface area contributed by atoms with Crippen molar-refractivity contribution in [1.29, 1.82) is 0 Å². The molecule has 7 heteroatoms. The Kier molecular flexibility index (Phi) is 14.4. The number of amides is 1. The third kappa shape index (κ3) is 9.78. The lowest BCUT2D eigenvalue weighted by molar-refractivity contribution is -0.112. The molecule has 0 aromatic heterocycles. The lowest BCUT2D eigenvalue weighted by Gasteiger charge is -2.29. The van der Waals surface area contributed by atoms with Crippen molar-refractivity contribution >= 4 is 29.3 Å². The molecule has 0 aliphatic carbocycles. The molecule has 1 amide bonds. The van der Waals surface area contributed by atoms with Crippen molar-refractivity contribution in [2.45, 2.75) is 84.6 Å². The average molecular weight is 548 g/mol. The maximum absolute atomic E-state index is 12.6. The maximum atomic E-state index is 12.6. The Labute approximate surface area is 238 Å². The standard InChI is InChI=1S/C33H45N3O4/c1-5-9-11-13-21-36(22-14-12-10-6-2)30-29(31(38)32(30)39)34-28(24-37)23-25-17-19-27(20-18-25)35-33(40)26(15-7-3)16-8-4/h7-8,15-20,24,28,34H,3,5-6,9-14,21-23H2,1-2,4H3,(H,35,40)/b16-8-,26-15+. The van der Waals surface area contributed by atoms with Crippen molar-refractivity contribution < 1.29 is 9.59 Å². The van der Waals surface area contributed by atoms with Crippen LogP contribution in [0, 0.1) is 0 Å². The summed E-state index contributed by atoms with van der Waals surface area (Å²) in [6.45, 7) is 11.2. The number of unbranched alkanes of at least 4 members (excludes halogenated alkanes) is 6. The van der Waals surface area contributed by atoms with Crippen LogP contribution in [0.4, 0.5) is 17.1 Å². The summed E-state index contributed by atoms with van der Waals surface area (Å²) in [5.74, 6) is -0.250. The van der Waals surface area contributed by atoms with Crippen LogP contribution in [0.1, 0.15) is 77.7 Å². The number of nitrogens with one attached hydrogen (secondary N) is 2. The summed E-state index contributed by atoms with van der Waals surface area (Å²) in [6, 6.07) is 6.54. The zero-order valence-electron chi connectivity index (χ0n) is 24.3. The topological polar surface area (TPSA) is 95.6 Å². The van der Waals surface area contributed by atoms with Gasteiger partial charge in [0.1, 0.15) is 17.7 Å². The normalized spacial score (nSPS) is 12.4. The van der Waals surface area contributed by atoms with Crippen molar-refractivity contribution in [2.75, 3.05) is 28.6 Å². The molecule has 2 aromatic rings. The van der Waals surface area contributed by atoms with E-state index in [2.05, 4.69) is 31.1 Å². The fourth-order valence-electron chi connectivity index (χ4n) is 4.62. The van der Waals surface area contributed by atoms with Crippen LogP contribution in [-0.2, 0) is 16.0 Å². The first-order valence-electron chi connectivity index (χ1n) is 14.6. The third-order valence-corrected chi connectivity index (χ3v) is 6.83. The smallest absolute Gasteiger partial charge is 0.255 e. The molecule has 1 unspecified atom stereocenters. The van der Waals surface area contributed by atoms with Crippen LogP contribution >= 0.6 is 0 Å². The van der Waals surface area contributed by atoms with E-state index >= 15 is 0 Å². The Hall–Kier alpha value is -3.74. The number of carbonyl (C=O) groups is 2. The summed E-state index contributed by atoms with van der Waals surface area (Å²) in [4.78, 5) is 51.7. The first kappa shape index (κ1) is 32.5. The Morgan fingerprint density at radius 3 is 2.10 bits per heavy atom. The molecule has 1 atom stereocenters. The van der Waals surface area contributed by atoms with Crippen molar-refractivity contribution in [3.05, 3.63) is 86.7 Å². The molecular weight excluding hydrogens is 502 g/mol. The van der Waals surface area contributed by atoms with Crippen molar-refractivity contribution in [3.63, 3.8) is 0 Å². The van der Waals surface area contributed by atoms with E-state index in [0.29, 0.717) is 23.4 Å². The zero-order valence-corrected chi connectivity index (χ0v) is 24.3. The molecule has 0 aliphatic rings. The van der Waals surface area contributed by atoms with Gasteiger partial charge in [0, 0.05) is 24.4 Å². The molecule has 0 fully saturated rings. The van der Waals surface area contributed by atoms with Gasteiger partial charge in [-0.1, -0.05) is 95.4 Å². The minimum absolute atomic E-state index is 0.250. The molecule has 0 heterocycles. The van der Waals surface area contributed by atoms with Gasteiger partial charge in [-0.25, -0.2) is 0 Å². The number of hydrogen-bond donors (Lipinski definition) is 2. The van der Waals surface area contributed by atoms with Crippen LogP contribution in [0.15, 0.2) is 70.3 Å². The molecule has 2 N–H and O–H groups in total. The van der Waals surface area contributed by atoms with E-state index in [0.717, 1.165) is 76.3 Å². The molecule has 2 aromatic carbocycles.